The molecular formula is C10H14BrClN2O2. The number of anilines is 1. The van der Waals surface area contributed by atoms with E-state index in [0.717, 1.165) is 4.47 Å². The molecule has 0 fully saturated rings. The van der Waals surface area contributed by atoms with E-state index < -0.39 is 6.10 Å². The average Bonchev–Trinajstić information content (AvgIpc) is 2.22. The Balaban J connectivity index is 2.37. The summed E-state index contributed by atoms with van der Waals surface area (Å²) < 4.78 is 5.66. The van der Waals surface area contributed by atoms with Gasteiger partial charge in [-0.3, -0.25) is 0 Å². The number of pyridine rings is 1. The highest BCUT2D eigenvalue weighted by molar-refractivity contribution is 9.10. The molecule has 1 aromatic heterocycles. The lowest BCUT2D eigenvalue weighted by atomic mass is 10.2. The SMILES string of the molecule is COCC(O)CCNc1ncc(Br)cc1Cl. The van der Waals surface area contributed by atoms with E-state index in [1.807, 2.05) is 0 Å². The monoisotopic (exact) mass is 308 g/mol. The van der Waals surface area contributed by atoms with Crippen molar-refractivity contribution in [2.45, 2.75) is 12.5 Å². The van der Waals surface area contributed by atoms with Gasteiger partial charge in [-0.2, -0.15) is 0 Å². The fourth-order valence-corrected chi connectivity index (χ4v) is 1.87. The van der Waals surface area contributed by atoms with Crippen LogP contribution >= 0.6 is 27.5 Å². The molecule has 0 saturated carbocycles. The largest absolute Gasteiger partial charge is 0.391 e. The van der Waals surface area contributed by atoms with Gasteiger partial charge in [-0.25, -0.2) is 4.98 Å². The fourth-order valence-electron chi connectivity index (χ4n) is 1.18. The molecular weight excluding hydrogens is 295 g/mol. The van der Waals surface area contributed by atoms with E-state index in [1.165, 1.54) is 0 Å². The Morgan fingerprint density at radius 2 is 2.44 bits per heavy atom. The van der Waals surface area contributed by atoms with Crippen molar-refractivity contribution in [1.82, 2.24) is 4.98 Å². The molecule has 1 rings (SSSR count). The Hall–Kier alpha value is -0.360. The average molecular weight is 310 g/mol. The van der Waals surface area contributed by atoms with Crippen LogP contribution in [0, 0.1) is 0 Å². The Labute approximate surface area is 108 Å². The third-order valence-corrected chi connectivity index (χ3v) is 2.66. The molecule has 4 nitrogen and oxygen atoms in total. The van der Waals surface area contributed by atoms with E-state index >= 15 is 0 Å². The summed E-state index contributed by atoms with van der Waals surface area (Å²) in [5.74, 6) is 0.620. The number of methoxy groups -OCH3 is 1. The second kappa shape index (κ2) is 7.06. The summed E-state index contributed by atoms with van der Waals surface area (Å²) in [6, 6.07) is 1.77. The van der Waals surface area contributed by atoms with E-state index in [-0.39, 0.29) is 0 Å². The summed E-state index contributed by atoms with van der Waals surface area (Å²) in [7, 11) is 1.56. The molecule has 1 unspecified atom stereocenters. The van der Waals surface area contributed by atoms with Crippen molar-refractivity contribution in [2.24, 2.45) is 0 Å². The molecule has 90 valence electrons. The molecule has 6 heteroatoms. The highest BCUT2D eigenvalue weighted by Gasteiger charge is 2.05. The molecule has 2 N–H and O–H groups in total. The zero-order valence-electron chi connectivity index (χ0n) is 8.91. The number of nitrogens with zero attached hydrogens (tertiary/aromatic N) is 1. The molecule has 0 aliphatic heterocycles. The van der Waals surface area contributed by atoms with Crippen molar-refractivity contribution >= 4 is 33.3 Å². The van der Waals surface area contributed by atoms with E-state index in [1.54, 1.807) is 19.4 Å². The topological polar surface area (TPSA) is 54.4 Å². The lowest BCUT2D eigenvalue weighted by Crippen LogP contribution is -2.18. The standard InChI is InChI=1S/C10H14BrClN2O2/c1-16-6-8(15)2-3-13-10-9(12)4-7(11)5-14-10/h4-5,8,15H,2-3,6H2,1H3,(H,13,14). The minimum atomic E-state index is -0.466. The molecule has 0 amide bonds. The predicted octanol–water partition coefficient (Wildman–Crippen LogP) is 2.31. The molecule has 1 heterocycles. The number of ether oxygens (including phenoxy) is 1. The van der Waals surface area contributed by atoms with Crippen LogP contribution in [0.5, 0.6) is 0 Å². The molecule has 0 aliphatic carbocycles. The molecule has 0 spiro atoms. The molecule has 0 aliphatic rings. The van der Waals surface area contributed by atoms with Gasteiger partial charge in [0.15, 0.2) is 0 Å². The van der Waals surface area contributed by atoms with Crippen LogP contribution in [0.25, 0.3) is 0 Å². The molecule has 1 aromatic rings. The third-order valence-electron chi connectivity index (χ3n) is 1.94. The number of aliphatic hydroxyl groups excluding tert-OH is 1. The predicted molar refractivity (Wildman–Crippen MR) is 67.9 cm³/mol. The summed E-state index contributed by atoms with van der Waals surface area (Å²) in [5.41, 5.74) is 0. The quantitative estimate of drug-likeness (QED) is 0.847. The first-order chi connectivity index (χ1) is 7.63. The first-order valence-corrected chi connectivity index (χ1v) is 6.02. The summed E-state index contributed by atoms with van der Waals surface area (Å²) in [5, 5.41) is 13.0. The zero-order chi connectivity index (χ0) is 12.0. The van der Waals surface area contributed by atoms with Gasteiger partial charge in [-0.1, -0.05) is 11.6 Å². The van der Waals surface area contributed by atoms with Gasteiger partial charge in [0.2, 0.25) is 0 Å². The molecule has 0 saturated heterocycles. The maximum atomic E-state index is 9.41. The lowest BCUT2D eigenvalue weighted by Gasteiger charge is -2.11. The van der Waals surface area contributed by atoms with E-state index in [4.69, 9.17) is 16.3 Å². The van der Waals surface area contributed by atoms with Gasteiger partial charge in [-0.15, -0.1) is 0 Å². The Kier molecular flexibility index (Phi) is 6.05. The van der Waals surface area contributed by atoms with Gasteiger partial charge < -0.3 is 15.2 Å². The number of halogens is 2. The summed E-state index contributed by atoms with van der Waals surface area (Å²) in [6.07, 6.45) is 1.79. The number of hydrogen-bond acceptors (Lipinski definition) is 4. The van der Waals surface area contributed by atoms with Crippen LogP contribution in [-0.4, -0.2) is 36.5 Å². The van der Waals surface area contributed by atoms with Crippen LogP contribution in [0.2, 0.25) is 5.02 Å². The van der Waals surface area contributed by atoms with Crippen LogP contribution in [0.4, 0.5) is 5.82 Å². The minimum absolute atomic E-state index is 0.336. The second-order valence-electron chi connectivity index (χ2n) is 3.31. The molecule has 1 atom stereocenters. The first kappa shape index (κ1) is 13.7. The van der Waals surface area contributed by atoms with Crippen LogP contribution in [-0.2, 0) is 4.74 Å². The van der Waals surface area contributed by atoms with Gasteiger partial charge in [0.05, 0.1) is 17.7 Å². The van der Waals surface area contributed by atoms with E-state index in [9.17, 15) is 5.11 Å². The summed E-state index contributed by atoms with van der Waals surface area (Å²) in [6.45, 7) is 0.933. The molecule has 0 bridgehead atoms. The Morgan fingerprint density at radius 3 is 3.06 bits per heavy atom. The first-order valence-electron chi connectivity index (χ1n) is 4.85. The fraction of sp³-hybridized carbons (Fsp3) is 0.500. The maximum absolute atomic E-state index is 9.41. The number of aromatic nitrogens is 1. The highest BCUT2D eigenvalue weighted by atomic mass is 79.9. The van der Waals surface area contributed by atoms with Gasteiger partial charge in [0.25, 0.3) is 0 Å². The van der Waals surface area contributed by atoms with Gasteiger partial charge >= 0.3 is 0 Å². The summed E-state index contributed by atoms with van der Waals surface area (Å²) in [4.78, 5) is 4.12. The van der Waals surface area contributed by atoms with Crippen molar-refractivity contribution in [3.63, 3.8) is 0 Å². The van der Waals surface area contributed by atoms with Crippen LogP contribution in [0.15, 0.2) is 16.7 Å². The van der Waals surface area contributed by atoms with E-state index in [2.05, 4.69) is 26.2 Å². The van der Waals surface area contributed by atoms with E-state index in [0.29, 0.717) is 30.4 Å². The van der Waals surface area contributed by atoms with Gasteiger partial charge in [0, 0.05) is 24.3 Å². The number of nitrogens with one attached hydrogen (secondary N) is 1. The van der Waals surface area contributed by atoms with Gasteiger partial charge in [0.1, 0.15) is 5.82 Å². The van der Waals surface area contributed by atoms with Crippen molar-refractivity contribution in [3.05, 3.63) is 21.8 Å². The van der Waals surface area contributed by atoms with Crippen molar-refractivity contribution < 1.29 is 9.84 Å². The second-order valence-corrected chi connectivity index (χ2v) is 4.63. The van der Waals surface area contributed by atoms with Crippen LogP contribution in [0.3, 0.4) is 0 Å². The van der Waals surface area contributed by atoms with Crippen molar-refractivity contribution in [3.8, 4) is 0 Å². The van der Waals surface area contributed by atoms with Crippen LogP contribution in [0.1, 0.15) is 6.42 Å². The molecule has 16 heavy (non-hydrogen) atoms. The van der Waals surface area contributed by atoms with Crippen LogP contribution < -0.4 is 5.32 Å². The lowest BCUT2D eigenvalue weighted by molar-refractivity contribution is 0.0615. The number of aliphatic hydroxyl groups is 1. The normalized spacial score (nSPS) is 12.5. The van der Waals surface area contributed by atoms with Crippen molar-refractivity contribution in [1.29, 1.82) is 0 Å². The molecule has 0 radical (unpaired) electrons. The van der Waals surface area contributed by atoms with Crippen molar-refractivity contribution in [2.75, 3.05) is 25.6 Å². The number of rotatable bonds is 6. The summed E-state index contributed by atoms with van der Waals surface area (Å²) >= 11 is 9.24. The molecule has 0 aromatic carbocycles. The maximum Gasteiger partial charge on any atom is 0.144 e. The Morgan fingerprint density at radius 1 is 1.69 bits per heavy atom. The minimum Gasteiger partial charge on any atom is -0.391 e. The Bertz CT molecular complexity index is 339. The van der Waals surface area contributed by atoms with Gasteiger partial charge in [-0.05, 0) is 28.4 Å². The number of hydrogen-bond donors (Lipinski definition) is 2. The third kappa shape index (κ3) is 4.65. The highest BCUT2D eigenvalue weighted by Crippen LogP contribution is 2.22. The zero-order valence-corrected chi connectivity index (χ0v) is 11.3. The smallest absolute Gasteiger partial charge is 0.144 e.